The topological polar surface area (TPSA) is 46.3 Å². The van der Waals surface area contributed by atoms with E-state index in [0.29, 0.717) is 5.92 Å². The van der Waals surface area contributed by atoms with Crippen LogP contribution in [0.3, 0.4) is 0 Å². The first kappa shape index (κ1) is 21.7. The maximum atomic E-state index is 12.0. The van der Waals surface area contributed by atoms with Crippen molar-refractivity contribution in [3.8, 4) is 0 Å². The number of hydrogen-bond acceptors (Lipinski definition) is 2. The Hall–Kier alpha value is -0.280. The van der Waals surface area contributed by atoms with Gasteiger partial charge in [-0.2, -0.15) is 0 Å². The Morgan fingerprint density at radius 3 is 2.05 bits per heavy atom. The highest BCUT2D eigenvalue weighted by molar-refractivity contribution is 5.85. The Morgan fingerprint density at radius 1 is 1.00 bits per heavy atom. The molecule has 132 valence electrons. The second-order valence-electron chi connectivity index (χ2n) is 6.91. The van der Waals surface area contributed by atoms with E-state index in [1.807, 2.05) is 4.90 Å². The molecule has 1 fully saturated rings. The first-order valence-electron chi connectivity index (χ1n) is 9.19. The third-order valence-corrected chi connectivity index (χ3v) is 4.60. The lowest BCUT2D eigenvalue weighted by Crippen LogP contribution is -2.51. The van der Waals surface area contributed by atoms with E-state index >= 15 is 0 Å². The molecule has 4 heteroatoms. The molecule has 0 bridgehead atoms. The maximum Gasteiger partial charge on any atom is 0.239 e. The fourth-order valence-electron chi connectivity index (χ4n) is 3.30. The molecule has 1 heterocycles. The van der Waals surface area contributed by atoms with Gasteiger partial charge in [0.1, 0.15) is 0 Å². The molecule has 1 amide bonds. The van der Waals surface area contributed by atoms with E-state index in [1.165, 1.54) is 57.8 Å². The van der Waals surface area contributed by atoms with Crippen LogP contribution in [0.25, 0.3) is 0 Å². The zero-order chi connectivity index (χ0) is 15.5. The zero-order valence-corrected chi connectivity index (χ0v) is 15.5. The van der Waals surface area contributed by atoms with E-state index in [4.69, 9.17) is 5.73 Å². The number of halogens is 1. The number of carbonyl (C=O) groups is 1. The van der Waals surface area contributed by atoms with Gasteiger partial charge in [-0.25, -0.2) is 0 Å². The minimum atomic E-state index is -0.253. The summed E-state index contributed by atoms with van der Waals surface area (Å²) < 4.78 is 0. The molecule has 1 saturated heterocycles. The fourth-order valence-corrected chi connectivity index (χ4v) is 3.30. The highest BCUT2D eigenvalue weighted by Crippen LogP contribution is 2.17. The molecule has 0 aromatic carbocycles. The summed E-state index contributed by atoms with van der Waals surface area (Å²) in [6.07, 6.45) is 14.2. The Bertz CT molecular complexity index is 286. The highest BCUT2D eigenvalue weighted by Gasteiger charge is 2.29. The monoisotopic (exact) mass is 332 g/mol. The van der Waals surface area contributed by atoms with Crippen LogP contribution in [0.4, 0.5) is 0 Å². The van der Waals surface area contributed by atoms with Crippen molar-refractivity contribution in [1.82, 2.24) is 4.90 Å². The van der Waals surface area contributed by atoms with E-state index < -0.39 is 0 Å². The highest BCUT2D eigenvalue weighted by atomic mass is 35.5. The van der Waals surface area contributed by atoms with Crippen LogP contribution in [0, 0.1) is 5.92 Å². The van der Waals surface area contributed by atoms with Gasteiger partial charge in [0.05, 0.1) is 6.04 Å². The number of hydrogen-bond donors (Lipinski definition) is 1. The quantitative estimate of drug-likeness (QED) is 0.565. The minimum absolute atomic E-state index is 0. The maximum absolute atomic E-state index is 12.0. The third-order valence-electron chi connectivity index (χ3n) is 4.60. The first-order valence-corrected chi connectivity index (χ1v) is 9.19. The molecule has 3 nitrogen and oxygen atoms in total. The number of piperidine rings is 1. The molecule has 1 rings (SSSR count). The van der Waals surface area contributed by atoms with Gasteiger partial charge in [-0.3, -0.25) is 4.79 Å². The summed E-state index contributed by atoms with van der Waals surface area (Å²) in [5, 5.41) is 0. The van der Waals surface area contributed by atoms with Gasteiger partial charge in [-0.05, 0) is 18.8 Å². The lowest BCUT2D eigenvalue weighted by atomic mass is 9.95. The molecule has 0 spiro atoms. The number of carbonyl (C=O) groups excluding carboxylic acids is 1. The summed E-state index contributed by atoms with van der Waals surface area (Å²) in [6.45, 7) is 6.27. The van der Waals surface area contributed by atoms with Crippen molar-refractivity contribution in [2.75, 3.05) is 13.1 Å². The molecular formula is C18H37ClN2O. The van der Waals surface area contributed by atoms with Gasteiger partial charge in [0.25, 0.3) is 0 Å². The SMILES string of the molecule is CCCCCCCCCCCCN1CC(C)C[C@H](N)C1=O.Cl. The van der Waals surface area contributed by atoms with E-state index in [9.17, 15) is 4.79 Å². The molecule has 2 atom stereocenters. The molecule has 0 aliphatic carbocycles. The predicted octanol–water partition coefficient (Wildman–Crippen LogP) is 4.52. The number of unbranched alkanes of at least 4 members (excludes halogenated alkanes) is 9. The second kappa shape index (κ2) is 13.2. The molecule has 0 aromatic heterocycles. The summed E-state index contributed by atoms with van der Waals surface area (Å²) in [5.41, 5.74) is 5.89. The minimum Gasteiger partial charge on any atom is -0.341 e. The van der Waals surface area contributed by atoms with Crippen molar-refractivity contribution in [2.24, 2.45) is 11.7 Å². The molecule has 1 unspecified atom stereocenters. The van der Waals surface area contributed by atoms with Crippen LogP contribution >= 0.6 is 12.4 Å². The molecule has 22 heavy (non-hydrogen) atoms. The summed E-state index contributed by atoms with van der Waals surface area (Å²) in [4.78, 5) is 14.0. The summed E-state index contributed by atoms with van der Waals surface area (Å²) in [5.74, 6) is 0.727. The smallest absolute Gasteiger partial charge is 0.239 e. The van der Waals surface area contributed by atoms with Crippen molar-refractivity contribution in [2.45, 2.75) is 90.5 Å². The van der Waals surface area contributed by atoms with Crippen molar-refractivity contribution in [3.63, 3.8) is 0 Å². The van der Waals surface area contributed by atoms with Crippen LogP contribution in [0.15, 0.2) is 0 Å². The van der Waals surface area contributed by atoms with Crippen LogP contribution in [0.5, 0.6) is 0 Å². The zero-order valence-electron chi connectivity index (χ0n) is 14.7. The third kappa shape index (κ3) is 8.99. The van der Waals surface area contributed by atoms with Crippen LogP contribution in [0.2, 0.25) is 0 Å². The molecule has 1 aliphatic rings. The molecule has 0 aromatic rings. The van der Waals surface area contributed by atoms with Crippen LogP contribution < -0.4 is 5.73 Å². The fraction of sp³-hybridized carbons (Fsp3) is 0.944. The Labute approximate surface area is 143 Å². The molecule has 1 aliphatic heterocycles. The first-order chi connectivity index (χ1) is 10.1. The van der Waals surface area contributed by atoms with E-state index in [-0.39, 0.29) is 24.4 Å². The average molecular weight is 333 g/mol. The van der Waals surface area contributed by atoms with E-state index in [0.717, 1.165) is 25.9 Å². The number of rotatable bonds is 11. The van der Waals surface area contributed by atoms with E-state index in [1.54, 1.807) is 0 Å². The van der Waals surface area contributed by atoms with Gasteiger partial charge in [0.15, 0.2) is 0 Å². The van der Waals surface area contributed by atoms with Gasteiger partial charge in [0, 0.05) is 13.1 Å². The summed E-state index contributed by atoms with van der Waals surface area (Å²) in [7, 11) is 0. The van der Waals surface area contributed by atoms with Crippen LogP contribution in [-0.2, 0) is 4.79 Å². The second-order valence-corrected chi connectivity index (χ2v) is 6.91. The number of amides is 1. The van der Waals surface area contributed by atoms with Crippen LogP contribution in [0.1, 0.15) is 84.5 Å². The van der Waals surface area contributed by atoms with Crippen molar-refractivity contribution >= 4 is 18.3 Å². The van der Waals surface area contributed by atoms with Gasteiger partial charge < -0.3 is 10.6 Å². The number of likely N-dealkylation sites (tertiary alicyclic amines) is 1. The average Bonchev–Trinajstić information content (AvgIpc) is 2.45. The Morgan fingerprint density at radius 2 is 1.50 bits per heavy atom. The number of nitrogens with zero attached hydrogens (tertiary/aromatic N) is 1. The van der Waals surface area contributed by atoms with Crippen molar-refractivity contribution in [3.05, 3.63) is 0 Å². The molecule has 0 saturated carbocycles. The van der Waals surface area contributed by atoms with Gasteiger partial charge in [-0.1, -0.05) is 71.6 Å². The molecule has 2 N–H and O–H groups in total. The Balaban J connectivity index is 0.00000441. The van der Waals surface area contributed by atoms with Gasteiger partial charge >= 0.3 is 0 Å². The van der Waals surface area contributed by atoms with Crippen molar-refractivity contribution < 1.29 is 4.79 Å². The summed E-state index contributed by atoms with van der Waals surface area (Å²) >= 11 is 0. The summed E-state index contributed by atoms with van der Waals surface area (Å²) in [6, 6.07) is -0.253. The van der Waals surface area contributed by atoms with Crippen LogP contribution in [-0.4, -0.2) is 29.9 Å². The van der Waals surface area contributed by atoms with Gasteiger partial charge in [-0.15, -0.1) is 12.4 Å². The lowest BCUT2D eigenvalue weighted by molar-refractivity contribution is -0.136. The van der Waals surface area contributed by atoms with E-state index in [2.05, 4.69) is 13.8 Å². The van der Waals surface area contributed by atoms with Crippen molar-refractivity contribution in [1.29, 1.82) is 0 Å². The lowest BCUT2D eigenvalue weighted by Gasteiger charge is -2.34. The predicted molar refractivity (Wildman–Crippen MR) is 97.4 cm³/mol. The normalized spacial score (nSPS) is 21.8. The number of nitrogens with two attached hydrogens (primary N) is 1. The molecule has 0 radical (unpaired) electrons. The Kier molecular flexibility index (Phi) is 13.0. The standard InChI is InChI=1S/C18H36N2O.ClH/c1-3-4-5-6-7-8-9-10-11-12-13-20-15-16(2)14-17(19)18(20)21;/h16-17H,3-15,19H2,1-2H3;1H/t16?,17-;/m0./s1. The largest absolute Gasteiger partial charge is 0.341 e. The van der Waals surface area contributed by atoms with Gasteiger partial charge in [0.2, 0.25) is 5.91 Å². The molecular weight excluding hydrogens is 296 g/mol.